The summed E-state index contributed by atoms with van der Waals surface area (Å²) in [6.45, 7) is 3.53. The topological polar surface area (TPSA) is 66.6 Å². The van der Waals surface area contributed by atoms with E-state index in [1.165, 1.54) is 0 Å². The van der Waals surface area contributed by atoms with Crippen LogP contribution in [0.1, 0.15) is 37.9 Å². The number of carbonyl (C=O) groups is 1. The van der Waals surface area contributed by atoms with Crippen molar-refractivity contribution in [2.45, 2.75) is 32.3 Å². The summed E-state index contributed by atoms with van der Waals surface area (Å²) in [5.41, 5.74) is 7.39. The van der Waals surface area contributed by atoms with Crippen molar-refractivity contribution in [1.82, 2.24) is 0 Å². The Balaban J connectivity index is 2.23. The van der Waals surface area contributed by atoms with Crippen LogP contribution >= 0.6 is 0 Å². The van der Waals surface area contributed by atoms with Gasteiger partial charge in [-0.2, -0.15) is 0 Å². The highest BCUT2D eigenvalue weighted by atomic mass is 16.3. The molecular weight excluding hydrogens is 240 g/mol. The number of para-hydroxylation sites is 1. The Morgan fingerprint density at radius 2 is 2.26 bits per heavy atom. The Labute approximate surface area is 114 Å². The first-order chi connectivity index (χ1) is 9.13. The van der Waals surface area contributed by atoms with Crippen molar-refractivity contribution in [2.24, 2.45) is 11.7 Å². The van der Waals surface area contributed by atoms with Gasteiger partial charge in [0.1, 0.15) is 0 Å². The first-order valence-electron chi connectivity index (χ1n) is 6.94. The summed E-state index contributed by atoms with van der Waals surface area (Å²) in [6.07, 6.45) is 2.06. The molecule has 2 rings (SSSR count). The van der Waals surface area contributed by atoms with E-state index in [-0.39, 0.29) is 11.8 Å². The van der Waals surface area contributed by atoms with Gasteiger partial charge >= 0.3 is 0 Å². The van der Waals surface area contributed by atoms with Gasteiger partial charge in [-0.15, -0.1) is 0 Å². The molecule has 1 saturated heterocycles. The fourth-order valence-electron chi connectivity index (χ4n) is 2.71. The van der Waals surface area contributed by atoms with Crippen LogP contribution in [0, 0.1) is 5.92 Å². The maximum atomic E-state index is 11.4. The van der Waals surface area contributed by atoms with Crippen molar-refractivity contribution in [3.63, 3.8) is 0 Å². The molecule has 0 bridgehead atoms. The third-order valence-electron chi connectivity index (χ3n) is 3.85. The van der Waals surface area contributed by atoms with E-state index >= 15 is 0 Å². The van der Waals surface area contributed by atoms with E-state index in [0.717, 1.165) is 30.6 Å². The molecule has 1 aromatic rings. The molecule has 1 fully saturated rings. The molecule has 104 valence electrons. The SMILES string of the molecule is CC[C@@H](O)c1ccccc1N1CCCC(C(N)=O)C1. The molecule has 2 atom stereocenters. The number of hydrogen-bond acceptors (Lipinski definition) is 3. The number of carbonyl (C=O) groups excluding carboxylic acids is 1. The Morgan fingerprint density at radius 1 is 1.53 bits per heavy atom. The van der Waals surface area contributed by atoms with Gasteiger partial charge in [0.25, 0.3) is 0 Å². The van der Waals surface area contributed by atoms with Crippen LogP contribution in [-0.4, -0.2) is 24.1 Å². The lowest BCUT2D eigenvalue weighted by Crippen LogP contribution is -2.41. The van der Waals surface area contributed by atoms with Crippen LogP contribution in [0.25, 0.3) is 0 Å². The molecule has 1 aliphatic rings. The van der Waals surface area contributed by atoms with Gasteiger partial charge in [0, 0.05) is 24.3 Å². The summed E-state index contributed by atoms with van der Waals surface area (Å²) in [5, 5.41) is 10.1. The van der Waals surface area contributed by atoms with Crippen LogP contribution < -0.4 is 10.6 Å². The number of piperidine rings is 1. The van der Waals surface area contributed by atoms with Gasteiger partial charge in [-0.3, -0.25) is 4.79 Å². The second-order valence-corrected chi connectivity index (χ2v) is 5.17. The van der Waals surface area contributed by atoms with E-state index in [1.54, 1.807) is 0 Å². The first kappa shape index (κ1) is 13.9. The standard InChI is InChI=1S/C15H22N2O2/c1-2-14(18)12-7-3-4-8-13(12)17-9-5-6-11(10-17)15(16)19/h3-4,7-8,11,14,18H,2,5-6,9-10H2,1H3,(H2,16,19)/t11?,14-/m1/s1. The van der Waals surface area contributed by atoms with Crippen molar-refractivity contribution in [1.29, 1.82) is 0 Å². The molecule has 0 aromatic heterocycles. The Hall–Kier alpha value is -1.55. The molecule has 4 nitrogen and oxygen atoms in total. The summed E-state index contributed by atoms with van der Waals surface area (Å²) in [5.74, 6) is -0.307. The Kier molecular flexibility index (Phi) is 4.43. The zero-order valence-corrected chi connectivity index (χ0v) is 11.4. The predicted octanol–water partition coefficient (Wildman–Crippen LogP) is 1.83. The fourth-order valence-corrected chi connectivity index (χ4v) is 2.71. The minimum atomic E-state index is -0.454. The van der Waals surface area contributed by atoms with E-state index in [2.05, 4.69) is 4.90 Å². The second kappa shape index (κ2) is 6.06. The number of anilines is 1. The van der Waals surface area contributed by atoms with Gasteiger partial charge in [0.05, 0.1) is 12.0 Å². The quantitative estimate of drug-likeness (QED) is 0.870. The number of aliphatic hydroxyl groups is 1. The molecule has 4 heteroatoms. The molecular formula is C15H22N2O2. The molecule has 1 amide bonds. The molecule has 3 N–H and O–H groups in total. The fraction of sp³-hybridized carbons (Fsp3) is 0.533. The highest BCUT2D eigenvalue weighted by molar-refractivity contribution is 5.77. The molecule has 1 heterocycles. The average molecular weight is 262 g/mol. The summed E-state index contributed by atoms with van der Waals surface area (Å²) in [6, 6.07) is 7.87. The first-order valence-corrected chi connectivity index (χ1v) is 6.94. The molecule has 1 aliphatic heterocycles. The minimum Gasteiger partial charge on any atom is -0.388 e. The van der Waals surface area contributed by atoms with Crippen LogP contribution in [0.3, 0.4) is 0 Å². The van der Waals surface area contributed by atoms with Gasteiger partial charge in [0.15, 0.2) is 0 Å². The summed E-state index contributed by atoms with van der Waals surface area (Å²) < 4.78 is 0. The number of nitrogens with two attached hydrogens (primary N) is 1. The zero-order valence-electron chi connectivity index (χ0n) is 11.4. The third-order valence-corrected chi connectivity index (χ3v) is 3.85. The Morgan fingerprint density at radius 3 is 2.95 bits per heavy atom. The van der Waals surface area contributed by atoms with Gasteiger partial charge in [0.2, 0.25) is 5.91 Å². The van der Waals surface area contributed by atoms with Gasteiger partial charge in [-0.05, 0) is 25.3 Å². The zero-order chi connectivity index (χ0) is 13.8. The molecule has 19 heavy (non-hydrogen) atoms. The van der Waals surface area contributed by atoms with Crippen LogP contribution in [-0.2, 0) is 4.79 Å². The molecule has 1 aromatic carbocycles. The maximum absolute atomic E-state index is 11.4. The number of primary amides is 1. The Bertz CT molecular complexity index is 448. The minimum absolute atomic E-state index is 0.0828. The van der Waals surface area contributed by atoms with E-state index in [0.29, 0.717) is 13.0 Å². The molecule has 0 aliphatic carbocycles. The lowest BCUT2D eigenvalue weighted by atomic mass is 9.95. The highest BCUT2D eigenvalue weighted by Crippen LogP contribution is 2.31. The molecule has 0 saturated carbocycles. The normalized spacial score (nSPS) is 21.2. The van der Waals surface area contributed by atoms with Crippen molar-refractivity contribution in [2.75, 3.05) is 18.0 Å². The number of benzene rings is 1. The van der Waals surface area contributed by atoms with Gasteiger partial charge in [-0.25, -0.2) is 0 Å². The second-order valence-electron chi connectivity index (χ2n) is 5.17. The highest BCUT2D eigenvalue weighted by Gasteiger charge is 2.26. The van der Waals surface area contributed by atoms with E-state index < -0.39 is 6.10 Å². The van der Waals surface area contributed by atoms with Gasteiger partial charge in [-0.1, -0.05) is 25.1 Å². The van der Waals surface area contributed by atoms with Crippen LogP contribution in [0.15, 0.2) is 24.3 Å². The summed E-state index contributed by atoms with van der Waals surface area (Å²) >= 11 is 0. The number of hydrogen-bond donors (Lipinski definition) is 2. The molecule has 0 radical (unpaired) electrons. The van der Waals surface area contributed by atoms with Gasteiger partial charge < -0.3 is 15.7 Å². The maximum Gasteiger partial charge on any atom is 0.222 e. The largest absolute Gasteiger partial charge is 0.388 e. The smallest absolute Gasteiger partial charge is 0.222 e. The monoisotopic (exact) mass is 262 g/mol. The van der Waals surface area contributed by atoms with Crippen molar-refractivity contribution in [3.8, 4) is 0 Å². The van der Waals surface area contributed by atoms with Crippen LogP contribution in [0.4, 0.5) is 5.69 Å². The number of rotatable bonds is 4. The van der Waals surface area contributed by atoms with Crippen LogP contribution in [0.2, 0.25) is 0 Å². The van der Waals surface area contributed by atoms with E-state index in [4.69, 9.17) is 5.73 Å². The lowest BCUT2D eigenvalue weighted by Gasteiger charge is -2.34. The van der Waals surface area contributed by atoms with Crippen molar-refractivity contribution >= 4 is 11.6 Å². The summed E-state index contributed by atoms with van der Waals surface area (Å²) in [7, 11) is 0. The van der Waals surface area contributed by atoms with Crippen molar-refractivity contribution < 1.29 is 9.90 Å². The number of amides is 1. The van der Waals surface area contributed by atoms with E-state index in [1.807, 2.05) is 31.2 Å². The molecule has 0 spiro atoms. The number of aliphatic hydroxyl groups excluding tert-OH is 1. The van der Waals surface area contributed by atoms with Crippen LogP contribution in [0.5, 0.6) is 0 Å². The van der Waals surface area contributed by atoms with Crippen molar-refractivity contribution in [3.05, 3.63) is 29.8 Å². The summed E-state index contributed by atoms with van der Waals surface area (Å²) in [4.78, 5) is 13.5. The van der Waals surface area contributed by atoms with E-state index in [9.17, 15) is 9.90 Å². The third kappa shape index (κ3) is 3.07. The average Bonchev–Trinajstić information content (AvgIpc) is 2.46. The predicted molar refractivity (Wildman–Crippen MR) is 75.8 cm³/mol. The molecule has 1 unspecified atom stereocenters. The lowest BCUT2D eigenvalue weighted by molar-refractivity contribution is -0.122. The number of nitrogens with zero attached hydrogens (tertiary/aromatic N) is 1.